The van der Waals surface area contributed by atoms with Gasteiger partial charge in [-0.1, -0.05) is 47.4 Å². The molecule has 0 aromatic heterocycles. The van der Waals surface area contributed by atoms with E-state index in [4.69, 9.17) is 0 Å². The number of unbranched alkanes of at least 4 members (excludes halogenated alkanes) is 1. The van der Waals surface area contributed by atoms with Gasteiger partial charge in [0.05, 0.1) is 0 Å². The Balaban J connectivity index is 2.91. The first kappa shape index (κ1) is 8.21. The van der Waals surface area contributed by atoms with Crippen LogP contribution in [0.2, 0.25) is 0 Å². The van der Waals surface area contributed by atoms with Crippen molar-refractivity contribution in [2.45, 2.75) is 12.8 Å². The second-order valence-electron chi connectivity index (χ2n) is 1.50. The zero-order valence-electron chi connectivity index (χ0n) is 4.94. The van der Waals surface area contributed by atoms with Crippen molar-refractivity contribution in [2.24, 2.45) is 0 Å². The van der Waals surface area contributed by atoms with Crippen molar-refractivity contribution in [1.82, 2.24) is 0 Å². The molecule has 0 rings (SSSR count). The fourth-order valence-corrected chi connectivity index (χ4v) is 0.828. The minimum atomic E-state index is 1.19. The maximum Gasteiger partial charge on any atom is -0.000178 e. The number of allylic oxidation sites excluding steroid dienone is 3. The van der Waals surface area contributed by atoms with Gasteiger partial charge in [-0.15, -0.1) is 0 Å². The summed E-state index contributed by atoms with van der Waals surface area (Å²) in [5, 5.41) is 0. The summed E-state index contributed by atoms with van der Waals surface area (Å²) < 4.78 is 1.25. The monoisotopic (exact) mass is 222 g/mol. The second-order valence-corrected chi connectivity index (χ2v) is 2.57. The molecular weight excluding hydrogens is 211 g/mol. The molecule has 0 heterocycles. The van der Waals surface area contributed by atoms with Crippen molar-refractivity contribution in [2.75, 3.05) is 4.43 Å². The maximum absolute atomic E-state index is 3.57. The molecule has 0 nitrogen and oxygen atoms in total. The summed E-state index contributed by atoms with van der Waals surface area (Å²) in [5.41, 5.74) is 0. The lowest BCUT2D eigenvalue weighted by Crippen LogP contribution is -1.68. The van der Waals surface area contributed by atoms with Crippen molar-refractivity contribution in [3.63, 3.8) is 0 Å². The van der Waals surface area contributed by atoms with Crippen LogP contribution in [0.1, 0.15) is 12.8 Å². The van der Waals surface area contributed by atoms with E-state index in [1.807, 2.05) is 12.2 Å². The number of hydrogen-bond acceptors (Lipinski definition) is 0. The van der Waals surface area contributed by atoms with E-state index >= 15 is 0 Å². The first-order chi connectivity index (χ1) is 3.91. The molecule has 0 N–H and O–H groups in total. The van der Waals surface area contributed by atoms with Crippen LogP contribution in [0.5, 0.6) is 0 Å². The summed E-state index contributed by atoms with van der Waals surface area (Å²) in [6.07, 6.45) is 8.42. The second kappa shape index (κ2) is 7.21. The SMILES string of the molecule is C=C/C=C\CCCI. The minimum absolute atomic E-state index is 1.19. The van der Waals surface area contributed by atoms with Crippen molar-refractivity contribution in [1.29, 1.82) is 0 Å². The summed E-state index contributed by atoms with van der Waals surface area (Å²) in [6, 6.07) is 0. The lowest BCUT2D eigenvalue weighted by molar-refractivity contribution is 0.986. The highest BCUT2D eigenvalue weighted by Crippen LogP contribution is 1.94. The lowest BCUT2D eigenvalue weighted by atomic mass is 10.3. The van der Waals surface area contributed by atoms with Crippen molar-refractivity contribution >= 4 is 22.6 Å². The number of hydrogen-bond donors (Lipinski definition) is 0. The van der Waals surface area contributed by atoms with E-state index in [0.717, 1.165) is 0 Å². The Kier molecular flexibility index (Phi) is 7.40. The molecule has 46 valence electrons. The molecule has 0 amide bonds. The molecule has 0 aromatic rings. The van der Waals surface area contributed by atoms with Crippen molar-refractivity contribution in [3.05, 3.63) is 24.8 Å². The van der Waals surface area contributed by atoms with Gasteiger partial charge in [0.15, 0.2) is 0 Å². The molecular formula is C7H11I. The van der Waals surface area contributed by atoms with E-state index in [2.05, 4.69) is 35.2 Å². The third-order valence-corrected chi connectivity index (χ3v) is 1.54. The van der Waals surface area contributed by atoms with Gasteiger partial charge in [-0.05, 0) is 17.3 Å². The molecule has 0 spiro atoms. The van der Waals surface area contributed by atoms with Gasteiger partial charge < -0.3 is 0 Å². The molecule has 0 aliphatic rings. The van der Waals surface area contributed by atoms with Crippen LogP contribution in [-0.4, -0.2) is 4.43 Å². The molecule has 0 bridgehead atoms. The maximum atomic E-state index is 3.57. The van der Waals surface area contributed by atoms with E-state index in [-0.39, 0.29) is 0 Å². The molecule has 0 saturated heterocycles. The topological polar surface area (TPSA) is 0 Å². The molecule has 8 heavy (non-hydrogen) atoms. The first-order valence-corrected chi connectivity index (χ1v) is 4.28. The summed E-state index contributed by atoms with van der Waals surface area (Å²) in [4.78, 5) is 0. The fraction of sp³-hybridized carbons (Fsp3) is 0.429. The van der Waals surface area contributed by atoms with Gasteiger partial charge in [-0.2, -0.15) is 0 Å². The summed E-state index contributed by atoms with van der Waals surface area (Å²) in [6.45, 7) is 3.57. The predicted octanol–water partition coefficient (Wildman–Crippen LogP) is 2.94. The molecule has 0 fully saturated rings. The standard InChI is InChI=1S/C7H11I/c1-2-3-4-5-6-7-8/h2-4H,1,5-7H2/b4-3-. The average Bonchev–Trinajstić information content (AvgIpc) is 1.81. The summed E-state index contributed by atoms with van der Waals surface area (Å²) in [7, 11) is 0. The van der Waals surface area contributed by atoms with E-state index in [9.17, 15) is 0 Å². The van der Waals surface area contributed by atoms with E-state index in [1.54, 1.807) is 0 Å². The van der Waals surface area contributed by atoms with Crippen LogP contribution in [0.3, 0.4) is 0 Å². The average molecular weight is 222 g/mol. The van der Waals surface area contributed by atoms with Gasteiger partial charge in [-0.25, -0.2) is 0 Å². The van der Waals surface area contributed by atoms with Gasteiger partial charge in [0.2, 0.25) is 0 Å². The Bertz CT molecular complexity index is 74.5. The predicted molar refractivity (Wildman–Crippen MR) is 47.5 cm³/mol. The van der Waals surface area contributed by atoms with Crippen LogP contribution in [0.4, 0.5) is 0 Å². The van der Waals surface area contributed by atoms with Crippen LogP contribution in [-0.2, 0) is 0 Å². The van der Waals surface area contributed by atoms with Crippen LogP contribution < -0.4 is 0 Å². The molecule has 0 atom stereocenters. The number of halogens is 1. The highest BCUT2D eigenvalue weighted by Gasteiger charge is 1.74. The quantitative estimate of drug-likeness (QED) is 0.297. The van der Waals surface area contributed by atoms with Crippen LogP contribution in [0.15, 0.2) is 24.8 Å². The fourth-order valence-electron chi connectivity index (χ4n) is 0.387. The Morgan fingerprint density at radius 3 is 2.75 bits per heavy atom. The normalized spacial score (nSPS) is 10.1. The molecule has 1 heteroatoms. The molecule has 0 aromatic carbocycles. The molecule has 0 radical (unpaired) electrons. The highest BCUT2D eigenvalue weighted by molar-refractivity contribution is 14.1. The Morgan fingerprint density at radius 1 is 1.50 bits per heavy atom. The molecule has 0 unspecified atom stereocenters. The van der Waals surface area contributed by atoms with Crippen LogP contribution in [0, 0.1) is 0 Å². The largest absolute Gasteiger partial charge is 0.0991 e. The highest BCUT2D eigenvalue weighted by atomic mass is 127. The molecule has 0 aliphatic carbocycles. The van der Waals surface area contributed by atoms with Gasteiger partial charge in [0.25, 0.3) is 0 Å². The van der Waals surface area contributed by atoms with Gasteiger partial charge in [-0.3, -0.25) is 0 Å². The summed E-state index contributed by atoms with van der Waals surface area (Å²) >= 11 is 2.38. The number of alkyl halides is 1. The van der Waals surface area contributed by atoms with Crippen molar-refractivity contribution < 1.29 is 0 Å². The number of rotatable bonds is 4. The van der Waals surface area contributed by atoms with Gasteiger partial charge in [0, 0.05) is 0 Å². The Morgan fingerprint density at radius 2 is 2.25 bits per heavy atom. The minimum Gasteiger partial charge on any atom is -0.0991 e. The third-order valence-electron chi connectivity index (χ3n) is 0.777. The molecule has 0 saturated carbocycles. The molecule has 0 aliphatic heterocycles. The van der Waals surface area contributed by atoms with Gasteiger partial charge >= 0.3 is 0 Å². The third kappa shape index (κ3) is 6.21. The summed E-state index contributed by atoms with van der Waals surface area (Å²) in [5.74, 6) is 0. The smallest absolute Gasteiger partial charge is 0.000178 e. The van der Waals surface area contributed by atoms with E-state index in [0.29, 0.717) is 0 Å². The van der Waals surface area contributed by atoms with Crippen molar-refractivity contribution in [3.8, 4) is 0 Å². The Hall–Kier alpha value is 0.210. The zero-order valence-corrected chi connectivity index (χ0v) is 7.10. The van der Waals surface area contributed by atoms with Gasteiger partial charge in [0.1, 0.15) is 0 Å². The zero-order chi connectivity index (χ0) is 6.24. The van der Waals surface area contributed by atoms with E-state index in [1.165, 1.54) is 17.3 Å². The Labute approximate surface area is 64.8 Å². The first-order valence-electron chi connectivity index (χ1n) is 2.75. The van der Waals surface area contributed by atoms with Crippen LogP contribution >= 0.6 is 22.6 Å². The lowest BCUT2D eigenvalue weighted by Gasteiger charge is -1.83. The van der Waals surface area contributed by atoms with E-state index < -0.39 is 0 Å². The van der Waals surface area contributed by atoms with Crippen LogP contribution in [0.25, 0.3) is 0 Å².